The van der Waals surface area contributed by atoms with Gasteiger partial charge in [-0.3, -0.25) is 0 Å². The van der Waals surface area contributed by atoms with E-state index in [1.54, 1.807) is 37.1 Å². The summed E-state index contributed by atoms with van der Waals surface area (Å²) in [6.07, 6.45) is 0. The fourth-order valence-corrected chi connectivity index (χ4v) is 1.45. The number of rotatable bonds is 3. The molecule has 0 saturated heterocycles. The summed E-state index contributed by atoms with van der Waals surface area (Å²) in [6, 6.07) is 6.57. The highest BCUT2D eigenvalue weighted by Gasteiger charge is 2.10. The summed E-state index contributed by atoms with van der Waals surface area (Å²) in [7, 11) is 1.78. The second kappa shape index (κ2) is 4.30. The fourth-order valence-electron chi connectivity index (χ4n) is 1.45. The number of aryl methyl sites for hydroxylation is 1. The minimum absolute atomic E-state index is 0.263. The molecule has 4 nitrogen and oxygen atoms in total. The van der Waals surface area contributed by atoms with E-state index in [1.807, 2.05) is 0 Å². The van der Waals surface area contributed by atoms with E-state index in [9.17, 15) is 4.39 Å². The van der Waals surface area contributed by atoms with Crippen LogP contribution in [0.5, 0.6) is 0 Å². The highest BCUT2D eigenvalue weighted by atomic mass is 19.1. The maximum Gasteiger partial charge on any atom is 0.235 e. The van der Waals surface area contributed by atoms with E-state index in [-0.39, 0.29) is 5.82 Å². The Bertz CT molecular complexity index is 484. The summed E-state index contributed by atoms with van der Waals surface area (Å²) < 4.78 is 18.7. The normalized spacial score (nSPS) is 10.4. The maximum absolute atomic E-state index is 13.4. The Hall–Kier alpha value is -1.91. The Balaban J connectivity index is 2.14. The fraction of sp³-hybridized carbons (Fsp3) is 0.273. The van der Waals surface area contributed by atoms with Crippen LogP contribution >= 0.6 is 0 Å². The van der Waals surface area contributed by atoms with Crippen molar-refractivity contribution in [3.8, 4) is 0 Å². The summed E-state index contributed by atoms with van der Waals surface area (Å²) in [5.74, 6) is 0.724. The molecule has 5 heteroatoms. The third-order valence-electron chi connectivity index (χ3n) is 2.20. The third kappa shape index (κ3) is 2.18. The lowest BCUT2D eigenvalue weighted by atomic mass is 10.3. The van der Waals surface area contributed by atoms with Crippen LogP contribution in [0.1, 0.15) is 11.8 Å². The number of benzene rings is 1. The zero-order valence-corrected chi connectivity index (χ0v) is 9.14. The molecule has 0 aliphatic carbocycles. The second-order valence-corrected chi connectivity index (χ2v) is 3.52. The largest absolute Gasteiger partial charge is 0.424 e. The Morgan fingerprint density at radius 1 is 1.31 bits per heavy atom. The van der Waals surface area contributed by atoms with Gasteiger partial charge in [-0.15, -0.1) is 10.2 Å². The molecule has 1 aromatic heterocycles. The molecule has 0 amide bonds. The minimum atomic E-state index is -0.263. The SMILES string of the molecule is Cc1nnc(CN(C)c2ccccc2F)o1. The zero-order valence-electron chi connectivity index (χ0n) is 9.14. The van der Waals surface area contributed by atoms with Gasteiger partial charge in [-0.1, -0.05) is 12.1 Å². The van der Waals surface area contributed by atoms with Crippen LogP contribution in [0.15, 0.2) is 28.7 Å². The first-order chi connectivity index (χ1) is 7.66. The summed E-state index contributed by atoms with van der Waals surface area (Å²) >= 11 is 0. The number of para-hydroxylation sites is 1. The van der Waals surface area contributed by atoms with E-state index in [0.29, 0.717) is 24.0 Å². The van der Waals surface area contributed by atoms with Crippen molar-refractivity contribution in [2.45, 2.75) is 13.5 Å². The van der Waals surface area contributed by atoms with Crippen molar-refractivity contribution in [1.29, 1.82) is 0 Å². The number of hydrogen-bond donors (Lipinski definition) is 0. The van der Waals surface area contributed by atoms with Crippen molar-refractivity contribution in [3.63, 3.8) is 0 Å². The Labute approximate surface area is 92.7 Å². The number of halogens is 1. The molecule has 0 fully saturated rings. The van der Waals surface area contributed by atoms with E-state index in [0.717, 1.165) is 0 Å². The zero-order chi connectivity index (χ0) is 11.5. The predicted molar refractivity (Wildman–Crippen MR) is 57.5 cm³/mol. The molecule has 0 bridgehead atoms. The number of hydrogen-bond acceptors (Lipinski definition) is 4. The number of nitrogens with zero attached hydrogens (tertiary/aromatic N) is 3. The minimum Gasteiger partial charge on any atom is -0.424 e. The van der Waals surface area contributed by atoms with Gasteiger partial charge in [-0.2, -0.15) is 0 Å². The molecule has 1 heterocycles. The van der Waals surface area contributed by atoms with E-state index in [1.165, 1.54) is 6.07 Å². The van der Waals surface area contributed by atoms with Crippen LogP contribution in [-0.4, -0.2) is 17.2 Å². The van der Waals surface area contributed by atoms with E-state index >= 15 is 0 Å². The lowest BCUT2D eigenvalue weighted by Gasteiger charge is -2.17. The molecule has 0 radical (unpaired) electrons. The number of anilines is 1. The van der Waals surface area contributed by atoms with Crippen LogP contribution in [-0.2, 0) is 6.54 Å². The summed E-state index contributed by atoms with van der Waals surface area (Å²) in [5.41, 5.74) is 0.512. The van der Waals surface area contributed by atoms with Crippen molar-refractivity contribution in [2.24, 2.45) is 0 Å². The maximum atomic E-state index is 13.4. The van der Waals surface area contributed by atoms with Gasteiger partial charge >= 0.3 is 0 Å². The molecule has 0 aliphatic rings. The quantitative estimate of drug-likeness (QED) is 0.796. The van der Waals surface area contributed by atoms with Gasteiger partial charge < -0.3 is 9.32 Å². The van der Waals surface area contributed by atoms with Crippen LogP contribution in [0.3, 0.4) is 0 Å². The van der Waals surface area contributed by atoms with E-state index in [2.05, 4.69) is 10.2 Å². The molecule has 0 unspecified atom stereocenters. The first kappa shape index (κ1) is 10.6. The first-order valence-electron chi connectivity index (χ1n) is 4.91. The van der Waals surface area contributed by atoms with Crippen LogP contribution in [0.25, 0.3) is 0 Å². The van der Waals surface area contributed by atoms with Gasteiger partial charge in [-0.25, -0.2) is 4.39 Å². The standard InChI is InChI=1S/C11H12FN3O/c1-8-13-14-11(16-8)7-15(2)10-6-4-3-5-9(10)12/h3-6H,7H2,1-2H3. The van der Waals surface area contributed by atoms with Crippen LogP contribution < -0.4 is 4.90 Å². The van der Waals surface area contributed by atoms with Gasteiger partial charge in [0.05, 0.1) is 12.2 Å². The van der Waals surface area contributed by atoms with Crippen LogP contribution in [0.2, 0.25) is 0 Å². The van der Waals surface area contributed by atoms with Gasteiger partial charge in [0.2, 0.25) is 11.8 Å². The topological polar surface area (TPSA) is 42.2 Å². The Morgan fingerprint density at radius 2 is 2.06 bits per heavy atom. The lowest BCUT2D eigenvalue weighted by Crippen LogP contribution is -2.17. The second-order valence-electron chi connectivity index (χ2n) is 3.52. The highest BCUT2D eigenvalue weighted by Crippen LogP contribution is 2.18. The molecule has 0 N–H and O–H groups in total. The molecule has 2 aromatic rings. The Kier molecular flexibility index (Phi) is 2.85. The summed E-state index contributed by atoms with van der Waals surface area (Å²) in [6.45, 7) is 2.11. The Morgan fingerprint density at radius 3 is 2.69 bits per heavy atom. The molecule has 1 aromatic carbocycles. The average Bonchev–Trinajstić information content (AvgIpc) is 2.64. The third-order valence-corrected chi connectivity index (χ3v) is 2.20. The van der Waals surface area contributed by atoms with Gasteiger partial charge in [0.1, 0.15) is 5.82 Å². The average molecular weight is 221 g/mol. The van der Waals surface area contributed by atoms with Crippen LogP contribution in [0.4, 0.5) is 10.1 Å². The van der Waals surface area contributed by atoms with Crippen molar-refractivity contribution in [3.05, 3.63) is 41.9 Å². The number of aromatic nitrogens is 2. The molecular weight excluding hydrogens is 209 g/mol. The molecule has 0 spiro atoms. The van der Waals surface area contributed by atoms with Crippen molar-refractivity contribution >= 4 is 5.69 Å². The van der Waals surface area contributed by atoms with Crippen LogP contribution in [0, 0.1) is 12.7 Å². The van der Waals surface area contributed by atoms with Crippen molar-refractivity contribution < 1.29 is 8.81 Å². The smallest absolute Gasteiger partial charge is 0.235 e. The molecule has 84 valence electrons. The summed E-state index contributed by atoms with van der Waals surface area (Å²) in [4.78, 5) is 1.72. The first-order valence-corrected chi connectivity index (χ1v) is 4.91. The van der Waals surface area contributed by atoms with Crippen molar-refractivity contribution in [1.82, 2.24) is 10.2 Å². The van der Waals surface area contributed by atoms with E-state index in [4.69, 9.17) is 4.42 Å². The predicted octanol–water partition coefficient (Wildman–Crippen LogP) is 2.15. The molecule has 16 heavy (non-hydrogen) atoms. The monoisotopic (exact) mass is 221 g/mol. The lowest BCUT2D eigenvalue weighted by molar-refractivity contribution is 0.465. The van der Waals surface area contributed by atoms with Gasteiger partial charge in [0.25, 0.3) is 0 Å². The molecular formula is C11H12FN3O. The van der Waals surface area contributed by atoms with E-state index < -0.39 is 0 Å². The highest BCUT2D eigenvalue weighted by molar-refractivity contribution is 5.46. The molecule has 0 atom stereocenters. The van der Waals surface area contributed by atoms with Gasteiger partial charge in [0.15, 0.2) is 0 Å². The molecule has 0 aliphatic heterocycles. The van der Waals surface area contributed by atoms with Gasteiger partial charge in [0, 0.05) is 14.0 Å². The molecule has 2 rings (SSSR count). The van der Waals surface area contributed by atoms with Crippen molar-refractivity contribution in [2.75, 3.05) is 11.9 Å². The molecule has 0 saturated carbocycles. The summed E-state index contributed by atoms with van der Waals surface area (Å²) in [5, 5.41) is 7.58. The van der Waals surface area contributed by atoms with Gasteiger partial charge in [-0.05, 0) is 12.1 Å².